The van der Waals surface area contributed by atoms with E-state index >= 15 is 0 Å². The van der Waals surface area contributed by atoms with Crippen molar-refractivity contribution < 1.29 is 19.4 Å². The Kier molecular flexibility index (Phi) is 2.98. The second-order valence-corrected chi connectivity index (χ2v) is 6.52. The van der Waals surface area contributed by atoms with E-state index in [4.69, 9.17) is 9.47 Å². The lowest BCUT2D eigenvalue weighted by Gasteiger charge is -2.36. The smallest absolute Gasteiger partial charge is 0.334 e. The molecule has 3 saturated heterocycles. The molecule has 0 amide bonds. The Morgan fingerprint density at radius 3 is 2.95 bits per heavy atom. The van der Waals surface area contributed by atoms with Gasteiger partial charge in [0.15, 0.2) is 0 Å². The molecule has 0 aromatic heterocycles. The monoisotopic (exact) mass is 266 g/mol. The van der Waals surface area contributed by atoms with Crippen molar-refractivity contribution in [1.29, 1.82) is 0 Å². The Morgan fingerprint density at radius 1 is 1.47 bits per heavy atom. The predicted molar refractivity (Wildman–Crippen MR) is 69.4 cm³/mol. The molecule has 19 heavy (non-hydrogen) atoms. The highest BCUT2D eigenvalue weighted by Gasteiger charge is 2.54. The van der Waals surface area contributed by atoms with Gasteiger partial charge < -0.3 is 14.6 Å². The van der Waals surface area contributed by atoms with Crippen LogP contribution in [0.2, 0.25) is 0 Å². The lowest BCUT2D eigenvalue weighted by atomic mass is 9.80. The van der Waals surface area contributed by atoms with Crippen LogP contribution in [0.15, 0.2) is 12.2 Å². The highest BCUT2D eigenvalue weighted by Crippen LogP contribution is 2.45. The highest BCUT2D eigenvalue weighted by molar-refractivity contribution is 5.90. The van der Waals surface area contributed by atoms with Gasteiger partial charge in [-0.1, -0.05) is 19.9 Å². The predicted octanol–water partition coefficient (Wildman–Crippen LogP) is 1.81. The Morgan fingerprint density at radius 2 is 2.21 bits per heavy atom. The van der Waals surface area contributed by atoms with E-state index in [9.17, 15) is 9.90 Å². The summed E-state index contributed by atoms with van der Waals surface area (Å²) < 4.78 is 11.6. The average molecular weight is 266 g/mol. The normalized spacial score (nSPS) is 50.2. The maximum absolute atomic E-state index is 11.7. The SMILES string of the molecule is C=C1C(=O)O[C@@H]2[C@@H]1C[C@H]1O[C@@](C)(CCC[C@@H]1C)[C@H]2O. The quantitative estimate of drug-likeness (QED) is 0.536. The van der Waals surface area contributed by atoms with Crippen LogP contribution in [0.1, 0.15) is 39.5 Å². The lowest BCUT2D eigenvalue weighted by molar-refractivity contribution is -0.173. The largest absolute Gasteiger partial charge is 0.455 e. The molecule has 4 nitrogen and oxygen atoms in total. The summed E-state index contributed by atoms with van der Waals surface area (Å²) in [4.78, 5) is 11.7. The molecule has 0 aliphatic carbocycles. The van der Waals surface area contributed by atoms with E-state index in [-0.39, 0.29) is 18.0 Å². The standard InChI is InChI=1S/C15H22O4/c1-8-5-4-6-15(3)13(16)12-10(7-11(8)19-15)9(2)14(17)18-12/h8,10-13,16H,2,4-7H2,1,3H3/t8-,10+,11+,12+,13-,15-/m0/s1. The van der Waals surface area contributed by atoms with E-state index < -0.39 is 17.8 Å². The van der Waals surface area contributed by atoms with Crippen molar-refractivity contribution in [3.8, 4) is 0 Å². The number of fused-ring (bicyclic) bond motifs is 3. The highest BCUT2D eigenvalue weighted by atomic mass is 16.6. The number of rotatable bonds is 0. The van der Waals surface area contributed by atoms with E-state index in [1.54, 1.807) is 0 Å². The molecular weight excluding hydrogens is 244 g/mol. The molecule has 0 aromatic carbocycles. The minimum absolute atomic E-state index is 0.0726. The molecule has 3 heterocycles. The summed E-state index contributed by atoms with van der Waals surface area (Å²) in [5.74, 6) is -0.0184. The molecule has 0 unspecified atom stereocenters. The Hall–Kier alpha value is -0.870. The molecule has 0 saturated carbocycles. The summed E-state index contributed by atoms with van der Waals surface area (Å²) >= 11 is 0. The maximum Gasteiger partial charge on any atom is 0.334 e. The number of ether oxygens (including phenoxy) is 2. The summed E-state index contributed by atoms with van der Waals surface area (Å²) in [6.45, 7) is 7.97. The third-order valence-electron chi connectivity index (χ3n) is 5.16. The van der Waals surface area contributed by atoms with E-state index in [1.165, 1.54) is 0 Å². The first-order valence-electron chi connectivity index (χ1n) is 7.18. The first-order valence-corrected chi connectivity index (χ1v) is 7.18. The van der Waals surface area contributed by atoms with E-state index in [0.717, 1.165) is 25.7 Å². The minimum atomic E-state index is -0.768. The number of esters is 1. The number of hydrogen-bond donors (Lipinski definition) is 1. The van der Waals surface area contributed by atoms with Gasteiger partial charge in [0.2, 0.25) is 0 Å². The number of carbonyl (C=O) groups is 1. The fourth-order valence-electron chi connectivity index (χ4n) is 3.77. The van der Waals surface area contributed by atoms with Gasteiger partial charge in [-0.15, -0.1) is 0 Å². The van der Waals surface area contributed by atoms with Crippen molar-refractivity contribution in [2.45, 2.75) is 63.4 Å². The van der Waals surface area contributed by atoms with Gasteiger partial charge in [0.1, 0.15) is 12.2 Å². The zero-order valence-electron chi connectivity index (χ0n) is 11.6. The molecule has 3 aliphatic heterocycles. The van der Waals surface area contributed by atoms with Crippen molar-refractivity contribution in [3.05, 3.63) is 12.2 Å². The van der Waals surface area contributed by atoms with Gasteiger partial charge in [-0.2, -0.15) is 0 Å². The summed E-state index contributed by atoms with van der Waals surface area (Å²) in [6.07, 6.45) is 2.49. The fourth-order valence-corrected chi connectivity index (χ4v) is 3.77. The van der Waals surface area contributed by atoms with Crippen LogP contribution in [0.4, 0.5) is 0 Å². The second-order valence-electron chi connectivity index (χ2n) is 6.52. The number of aliphatic hydroxyl groups excluding tert-OH is 1. The van der Waals surface area contributed by atoms with Crippen molar-refractivity contribution in [3.63, 3.8) is 0 Å². The van der Waals surface area contributed by atoms with Crippen LogP contribution >= 0.6 is 0 Å². The molecule has 0 spiro atoms. The zero-order valence-corrected chi connectivity index (χ0v) is 11.6. The van der Waals surface area contributed by atoms with Crippen LogP contribution in [-0.2, 0) is 14.3 Å². The molecule has 3 fully saturated rings. The van der Waals surface area contributed by atoms with Crippen LogP contribution in [0.5, 0.6) is 0 Å². The van der Waals surface area contributed by atoms with Gasteiger partial charge in [0.25, 0.3) is 0 Å². The van der Waals surface area contributed by atoms with Crippen molar-refractivity contribution in [2.24, 2.45) is 11.8 Å². The van der Waals surface area contributed by atoms with Gasteiger partial charge >= 0.3 is 5.97 Å². The zero-order chi connectivity index (χ0) is 13.8. The van der Waals surface area contributed by atoms with E-state index in [2.05, 4.69) is 13.5 Å². The number of hydrogen-bond acceptors (Lipinski definition) is 4. The molecule has 106 valence electrons. The van der Waals surface area contributed by atoms with Gasteiger partial charge in [-0.25, -0.2) is 4.79 Å². The summed E-state index contributed by atoms with van der Waals surface area (Å²) in [6, 6.07) is 0. The molecule has 2 bridgehead atoms. The first-order chi connectivity index (χ1) is 8.92. The van der Waals surface area contributed by atoms with Gasteiger partial charge in [-0.05, 0) is 32.1 Å². The van der Waals surface area contributed by atoms with Crippen LogP contribution < -0.4 is 0 Å². The molecule has 0 aromatic rings. The Labute approximate surface area is 113 Å². The molecule has 1 N–H and O–H groups in total. The average Bonchev–Trinajstić information content (AvgIpc) is 2.49. The third-order valence-corrected chi connectivity index (χ3v) is 5.16. The van der Waals surface area contributed by atoms with E-state index in [1.807, 2.05) is 6.92 Å². The molecule has 3 rings (SSSR count). The van der Waals surface area contributed by atoms with Gasteiger partial charge in [0.05, 0.1) is 11.7 Å². The minimum Gasteiger partial charge on any atom is -0.455 e. The van der Waals surface area contributed by atoms with Crippen molar-refractivity contribution in [1.82, 2.24) is 0 Å². The summed E-state index contributed by atoms with van der Waals surface area (Å²) in [5.41, 5.74) is -0.116. The molecule has 0 radical (unpaired) electrons. The van der Waals surface area contributed by atoms with Gasteiger partial charge in [-0.3, -0.25) is 0 Å². The van der Waals surface area contributed by atoms with Gasteiger partial charge in [0, 0.05) is 11.5 Å². The van der Waals surface area contributed by atoms with Crippen LogP contribution in [0, 0.1) is 11.8 Å². The van der Waals surface area contributed by atoms with Crippen LogP contribution in [0.3, 0.4) is 0 Å². The second kappa shape index (κ2) is 4.32. The van der Waals surface area contributed by atoms with Crippen molar-refractivity contribution in [2.75, 3.05) is 0 Å². The fraction of sp³-hybridized carbons (Fsp3) is 0.800. The topological polar surface area (TPSA) is 55.8 Å². The maximum atomic E-state index is 11.7. The van der Waals surface area contributed by atoms with Crippen LogP contribution in [-0.4, -0.2) is 35.0 Å². The Balaban J connectivity index is 1.99. The first kappa shape index (κ1) is 13.1. The van der Waals surface area contributed by atoms with Crippen LogP contribution in [0.25, 0.3) is 0 Å². The number of carbonyl (C=O) groups excluding carboxylic acids is 1. The number of aliphatic hydroxyl groups is 1. The summed E-state index contributed by atoms with van der Waals surface area (Å²) in [7, 11) is 0. The molecular formula is C15H22O4. The Bertz CT molecular complexity index is 418. The summed E-state index contributed by atoms with van der Waals surface area (Å²) in [5, 5.41) is 10.6. The third kappa shape index (κ3) is 1.93. The molecule has 3 aliphatic rings. The molecule has 4 heteroatoms. The lowest BCUT2D eigenvalue weighted by Crippen LogP contribution is -2.49. The molecule has 6 atom stereocenters. The van der Waals surface area contributed by atoms with Crippen molar-refractivity contribution >= 4 is 5.97 Å². The van der Waals surface area contributed by atoms with E-state index in [0.29, 0.717) is 11.5 Å².